The number of hydrogen-bond acceptors (Lipinski definition) is 4. The summed E-state index contributed by atoms with van der Waals surface area (Å²) >= 11 is 3.51. The largest absolute Gasteiger partial charge is 0.370 e. The third kappa shape index (κ3) is 3.23. The van der Waals surface area contributed by atoms with Gasteiger partial charge in [-0.05, 0) is 53.7 Å². The number of rotatable bonds is 4. The van der Waals surface area contributed by atoms with Gasteiger partial charge in [-0.15, -0.1) is 0 Å². The molecule has 0 spiro atoms. The molecule has 0 amide bonds. The van der Waals surface area contributed by atoms with E-state index in [4.69, 9.17) is 4.74 Å². The number of carbonyl (C=O) groups excluding carboxylic acids is 1. The summed E-state index contributed by atoms with van der Waals surface area (Å²) < 4.78 is 8.27. The summed E-state index contributed by atoms with van der Waals surface area (Å²) in [4.78, 5) is 17.5. The molecule has 6 heteroatoms. The van der Waals surface area contributed by atoms with Crippen LogP contribution in [-0.4, -0.2) is 33.3 Å². The van der Waals surface area contributed by atoms with Crippen LogP contribution in [0.3, 0.4) is 0 Å². The standard InChI is InChI=1S/C17H20BrN3O2/c1-3-13-12(18)7-8-14(20-13)11-10-19-21(2)16(11)17(22)15-6-4-5-9-23-15/h7-8,10,15H,3-6,9H2,1-2H3. The molecule has 122 valence electrons. The molecule has 1 atom stereocenters. The van der Waals surface area contributed by atoms with Crippen molar-refractivity contribution in [2.75, 3.05) is 6.61 Å². The molecule has 0 radical (unpaired) electrons. The van der Waals surface area contributed by atoms with Gasteiger partial charge < -0.3 is 4.74 Å². The van der Waals surface area contributed by atoms with E-state index in [1.165, 1.54) is 0 Å². The Morgan fingerprint density at radius 1 is 1.43 bits per heavy atom. The zero-order chi connectivity index (χ0) is 16.4. The molecule has 1 fully saturated rings. The first-order chi connectivity index (χ1) is 11.1. The van der Waals surface area contributed by atoms with Crippen LogP contribution < -0.4 is 0 Å². The van der Waals surface area contributed by atoms with Crippen molar-refractivity contribution < 1.29 is 9.53 Å². The molecule has 1 saturated heterocycles. The Balaban J connectivity index is 2.00. The lowest BCUT2D eigenvalue weighted by Gasteiger charge is -2.21. The van der Waals surface area contributed by atoms with Gasteiger partial charge in [0.2, 0.25) is 5.78 Å². The first-order valence-corrected chi connectivity index (χ1v) is 8.74. The van der Waals surface area contributed by atoms with E-state index in [-0.39, 0.29) is 11.9 Å². The molecule has 2 aromatic rings. The quantitative estimate of drug-likeness (QED) is 0.764. The van der Waals surface area contributed by atoms with Gasteiger partial charge in [0.1, 0.15) is 11.8 Å². The highest BCUT2D eigenvalue weighted by molar-refractivity contribution is 9.10. The lowest BCUT2D eigenvalue weighted by Crippen LogP contribution is -2.30. The number of nitrogens with zero attached hydrogens (tertiary/aromatic N) is 3. The summed E-state index contributed by atoms with van der Waals surface area (Å²) in [5.41, 5.74) is 3.10. The van der Waals surface area contributed by atoms with Crippen LogP contribution in [0.25, 0.3) is 11.3 Å². The highest BCUT2D eigenvalue weighted by Crippen LogP contribution is 2.27. The molecule has 2 aromatic heterocycles. The monoisotopic (exact) mass is 377 g/mol. The molecule has 1 aliphatic heterocycles. The molecule has 3 heterocycles. The van der Waals surface area contributed by atoms with Crippen LogP contribution in [0.5, 0.6) is 0 Å². The van der Waals surface area contributed by atoms with Crippen LogP contribution in [0.4, 0.5) is 0 Å². The van der Waals surface area contributed by atoms with Gasteiger partial charge in [0.25, 0.3) is 0 Å². The van der Waals surface area contributed by atoms with Crippen LogP contribution in [-0.2, 0) is 18.2 Å². The number of pyridine rings is 1. The molecular weight excluding hydrogens is 358 g/mol. The minimum Gasteiger partial charge on any atom is -0.370 e. The molecule has 0 N–H and O–H groups in total. The molecule has 5 nitrogen and oxygen atoms in total. The van der Waals surface area contributed by atoms with Gasteiger partial charge in [-0.1, -0.05) is 6.92 Å². The number of aromatic nitrogens is 3. The van der Waals surface area contributed by atoms with Gasteiger partial charge in [-0.2, -0.15) is 5.10 Å². The van der Waals surface area contributed by atoms with Gasteiger partial charge in [-0.3, -0.25) is 14.5 Å². The Morgan fingerprint density at radius 2 is 2.26 bits per heavy atom. The van der Waals surface area contributed by atoms with Gasteiger partial charge in [-0.25, -0.2) is 0 Å². The highest BCUT2D eigenvalue weighted by atomic mass is 79.9. The predicted molar refractivity (Wildman–Crippen MR) is 91.4 cm³/mol. The van der Waals surface area contributed by atoms with Crippen molar-refractivity contribution in [2.24, 2.45) is 7.05 Å². The second-order valence-electron chi connectivity index (χ2n) is 5.73. The molecule has 1 unspecified atom stereocenters. The Bertz CT molecular complexity index is 721. The smallest absolute Gasteiger partial charge is 0.210 e. The summed E-state index contributed by atoms with van der Waals surface area (Å²) in [6.07, 6.45) is 5.00. The van der Waals surface area contributed by atoms with Crippen molar-refractivity contribution in [2.45, 2.75) is 38.7 Å². The molecule has 0 aromatic carbocycles. The van der Waals surface area contributed by atoms with Crippen LogP contribution in [0.2, 0.25) is 0 Å². The Morgan fingerprint density at radius 3 is 2.96 bits per heavy atom. The van der Waals surface area contributed by atoms with Gasteiger partial charge in [0.15, 0.2) is 0 Å². The first-order valence-electron chi connectivity index (χ1n) is 7.95. The average Bonchev–Trinajstić information content (AvgIpc) is 2.97. The fourth-order valence-corrected chi connectivity index (χ4v) is 3.40. The van der Waals surface area contributed by atoms with E-state index in [9.17, 15) is 4.79 Å². The van der Waals surface area contributed by atoms with Crippen molar-refractivity contribution in [1.29, 1.82) is 0 Å². The topological polar surface area (TPSA) is 57.0 Å². The van der Waals surface area contributed by atoms with E-state index in [1.807, 2.05) is 12.1 Å². The van der Waals surface area contributed by atoms with E-state index >= 15 is 0 Å². The van der Waals surface area contributed by atoms with E-state index in [0.717, 1.165) is 47.1 Å². The van der Waals surface area contributed by atoms with Gasteiger partial charge >= 0.3 is 0 Å². The number of aryl methyl sites for hydroxylation is 2. The Hall–Kier alpha value is -1.53. The predicted octanol–water partition coefficient (Wildman–Crippen LogP) is 3.56. The zero-order valence-corrected chi connectivity index (χ0v) is 15.0. The highest BCUT2D eigenvalue weighted by Gasteiger charge is 2.28. The van der Waals surface area contributed by atoms with E-state index in [1.54, 1.807) is 17.9 Å². The van der Waals surface area contributed by atoms with Crippen molar-refractivity contribution in [3.8, 4) is 11.3 Å². The molecule has 3 rings (SSSR count). The van der Waals surface area contributed by atoms with Gasteiger partial charge in [0, 0.05) is 23.7 Å². The SMILES string of the molecule is CCc1nc(-c2cnn(C)c2C(=O)C2CCCCO2)ccc1Br. The number of ether oxygens (including phenoxy) is 1. The summed E-state index contributed by atoms with van der Waals surface area (Å²) in [6.45, 7) is 2.71. The van der Waals surface area contributed by atoms with E-state index in [0.29, 0.717) is 12.3 Å². The molecule has 23 heavy (non-hydrogen) atoms. The van der Waals surface area contributed by atoms with Crippen molar-refractivity contribution in [3.05, 3.63) is 34.2 Å². The van der Waals surface area contributed by atoms with Gasteiger partial charge in [0.05, 0.1) is 17.6 Å². The fourth-order valence-electron chi connectivity index (χ4n) is 2.90. The maximum Gasteiger partial charge on any atom is 0.210 e. The Labute approximate surface area is 144 Å². The summed E-state index contributed by atoms with van der Waals surface area (Å²) in [6, 6.07) is 3.89. The van der Waals surface area contributed by atoms with E-state index < -0.39 is 0 Å². The lowest BCUT2D eigenvalue weighted by atomic mass is 10.00. The second-order valence-corrected chi connectivity index (χ2v) is 6.58. The van der Waals surface area contributed by atoms with Crippen LogP contribution >= 0.6 is 15.9 Å². The first kappa shape index (κ1) is 16.3. The summed E-state index contributed by atoms with van der Waals surface area (Å²) in [5, 5.41) is 4.28. The number of ketones is 1. The van der Waals surface area contributed by atoms with Crippen LogP contribution in [0, 0.1) is 0 Å². The van der Waals surface area contributed by atoms with Crippen LogP contribution in [0.15, 0.2) is 22.8 Å². The minimum absolute atomic E-state index is 0.00228. The third-order valence-electron chi connectivity index (χ3n) is 4.17. The molecule has 0 bridgehead atoms. The third-order valence-corrected chi connectivity index (χ3v) is 4.90. The molecule has 1 aliphatic rings. The number of carbonyl (C=O) groups is 1. The van der Waals surface area contributed by atoms with Crippen molar-refractivity contribution in [1.82, 2.24) is 14.8 Å². The lowest BCUT2D eigenvalue weighted by molar-refractivity contribution is 0.0180. The minimum atomic E-state index is -0.362. The molecular formula is C17H20BrN3O2. The zero-order valence-electron chi connectivity index (χ0n) is 13.4. The number of halogens is 1. The fraction of sp³-hybridized carbons (Fsp3) is 0.471. The number of hydrogen-bond donors (Lipinski definition) is 0. The normalized spacial score (nSPS) is 18.1. The van der Waals surface area contributed by atoms with Crippen molar-refractivity contribution in [3.63, 3.8) is 0 Å². The Kier molecular flexibility index (Phi) is 4.92. The van der Waals surface area contributed by atoms with Crippen molar-refractivity contribution >= 4 is 21.7 Å². The summed E-state index contributed by atoms with van der Waals surface area (Å²) in [7, 11) is 1.79. The molecule has 0 aliphatic carbocycles. The van der Waals surface area contributed by atoms with E-state index in [2.05, 4.69) is 32.9 Å². The summed E-state index contributed by atoms with van der Waals surface area (Å²) in [5.74, 6) is 0.00228. The second kappa shape index (κ2) is 6.93. The maximum absolute atomic E-state index is 12.9. The average molecular weight is 378 g/mol. The van der Waals surface area contributed by atoms with Crippen LogP contribution in [0.1, 0.15) is 42.4 Å². The molecule has 0 saturated carbocycles. The number of Topliss-reactive ketones (excluding diaryl/α,β-unsaturated/α-hetero) is 1. The maximum atomic E-state index is 12.9.